The van der Waals surface area contributed by atoms with Gasteiger partial charge in [0.25, 0.3) is 0 Å². The van der Waals surface area contributed by atoms with Crippen molar-refractivity contribution in [2.24, 2.45) is 0 Å². The van der Waals surface area contributed by atoms with Gasteiger partial charge in [0, 0.05) is 15.1 Å². The molecule has 0 radical (unpaired) electrons. The normalized spacial score (nSPS) is 11.0. The van der Waals surface area contributed by atoms with E-state index in [1.807, 2.05) is 11.3 Å². The highest BCUT2D eigenvalue weighted by Crippen LogP contribution is 2.43. The molecule has 0 amide bonds. The lowest BCUT2D eigenvalue weighted by molar-refractivity contribution is 1.70. The molecule has 0 unspecified atom stereocenters. The average Bonchev–Trinajstić information content (AvgIpc) is 3.27. The van der Waals surface area contributed by atoms with E-state index in [-0.39, 0.29) is 0 Å². The van der Waals surface area contributed by atoms with E-state index < -0.39 is 7.92 Å². The van der Waals surface area contributed by atoms with Crippen LogP contribution in [0, 0.1) is 0 Å². The maximum absolute atomic E-state index is 2.42. The lowest BCUT2D eigenvalue weighted by atomic mass is 10.1. The van der Waals surface area contributed by atoms with Gasteiger partial charge in [0.2, 0.25) is 0 Å². The maximum Gasteiger partial charge on any atom is 0.0432 e. The summed E-state index contributed by atoms with van der Waals surface area (Å²) in [4.78, 5) is 2.69. The van der Waals surface area contributed by atoms with Crippen molar-refractivity contribution in [3.63, 3.8) is 0 Å². The van der Waals surface area contributed by atoms with Gasteiger partial charge in [-0.25, -0.2) is 0 Å². The lowest BCUT2D eigenvalue weighted by Crippen LogP contribution is -2.20. The predicted octanol–water partition coefficient (Wildman–Crippen LogP) is 6.84. The van der Waals surface area contributed by atoms with Crippen LogP contribution in [0.5, 0.6) is 0 Å². The third-order valence-electron chi connectivity index (χ3n) is 5.08. The number of thiophene rings is 1. The quantitative estimate of drug-likeness (QED) is 0.273. The minimum absolute atomic E-state index is 0.650. The van der Waals surface area contributed by atoms with Crippen molar-refractivity contribution in [2.75, 3.05) is 0 Å². The summed E-state index contributed by atoms with van der Waals surface area (Å²) in [7, 11) is -0.650. The van der Waals surface area contributed by atoms with Gasteiger partial charge in [-0.05, 0) is 35.7 Å². The first kappa shape index (κ1) is 19.0. The molecule has 4 aromatic carbocycles. The molecule has 0 bridgehead atoms. The second-order valence-corrected chi connectivity index (χ2v) is 10.3. The first-order valence-corrected chi connectivity index (χ1v) is 12.2. The zero-order valence-electron chi connectivity index (χ0n) is 16.5. The Balaban J connectivity index is 1.75. The number of rotatable bonds is 5. The Morgan fingerprint density at radius 2 is 0.900 bits per heavy atom. The minimum Gasteiger partial charge on any atom is -0.135 e. The van der Waals surface area contributed by atoms with Gasteiger partial charge in [0.15, 0.2) is 0 Å². The molecule has 0 spiro atoms. The molecule has 0 atom stereocenters. The highest BCUT2D eigenvalue weighted by Gasteiger charge is 2.23. The number of hydrogen-bond donors (Lipinski definition) is 0. The maximum atomic E-state index is 2.42. The summed E-state index contributed by atoms with van der Waals surface area (Å²) in [6.07, 6.45) is 0. The van der Waals surface area contributed by atoms with E-state index in [2.05, 4.69) is 127 Å². The van der Waals surface area contributed by atoms with Crippen LogP contribution in [0.1, 0.15) is 0 Å². The molecule has 0 aliphatic heterocycles. The summed E-state index contributed by atoms with van der Waals surface area (Å²) in [6.45, 7) is 0. The summed E-state index contributed by atoms with van der Waals surface area (Å²) in [5.74, 6) is 0. The first-order valence-electron chi connectivity index (χ1n) is 10.0. The summed E-state index contributed by atoms with van der Waals surface area (Å²) in [6, 6.07) is 45.9. The van der Waals surface area contributed by atoms with E-state index in [0.717, 1.165) is 0 Å². The number of benzene rings is 4. The van der Waals surface area contributed by atoms with Gasteiger partial charge in [-0.2, -0.15) is 0 Å². The van der Waals surface area contributed by atoms with Crippen molar-refractivity contribution in [3.05, 3.63) is 127 Å². The summed E-state index contributed by atoms with van der Waals surface area (Å²) in [5, 5.41) is 4.19. The van der Waals surface area contributed by atoms with Gasteiger partial charge in [-0.3, -0.25) is 0 Å². The summed E-state index contributed by atoms with van der Waals surface area (Å²) < 4.78 is 0. The van der Waals surface area contributed by atoms with Gasteiger partial charge in [-0.1, -0.05) is 121 Å². The van der Waals surface area contributed by atoms with Gasteiger partial charge < -0.3 is 0 Å². The molecule has 0 saturated carbocycles. The van der Waals surface area contributed by atoms with Crippen LogP contribution in [0.15, 0.2) is 127 Å². The fourth-order valence-electron chi connectivity index (χ4n) is 3.67. The Kier molecular flexibility index (Phi) is 5.57. The van der Waals surface area contributed by atoms with Gasteiger partial charge in [0.1, 0.15) is 0 Å². The first-order chi connectivity index (χ1) is 14.9. The van der Waals surface area contributed by atoms with Crippen molar-refractivity contribution in [1.82, 2.24) is 0 Å². The topological polar surface area (TPSA) is 0 Å². The molecule has 144 valence electrons. The van der Waals surface area contributed by atoms with Gasteiger partial charge >= 0.3 is 0 Å². The van der Waals surface area contributed by atoms with E-state index in [0.29, 0.717) is 0 Å². The summed E-state index contributed by atoms with van der Waals surface area (Å²) >= 11 is 1.90. The molecule has 0 fully saturated rings. The van der Waals surface area contributed by atoms with E-state index in [4.69, 9.17) is 0 Å². The smallest absolute Gasteiger partial charge is 0.0432 e. The Bertz CT molecular complexity index is 1170. The Morgan fingerprint density at radius 1 is 0.467 bits per heavy atom. The molecular weight excluding hydrogens is 399 g/mol. The van der Waals surface area contributed by atoms with Gasteiger partial charge in [0.05, 0.1) is 0 Å². The second-order valence-electron chi connectivity index (χ2n) is 7.06. The molecule has 0 nitrogen and oxygen atoms in total. The molecule has 2 heteroatoms. The van der Waals surface area contributed by atoms with Crippen LogP contribution in [-0.4, -0.2) is 0 Å². The standard InChI is InChI=1S/C28H21PS/c1-5-13-22(14-6-1)27-21-26(28(30-27)23-15-7-2-8-16-23)29(24-17-9-3-10-18-24)25-19-11-4-12-20-25/h1-21H. The molecule has 1 aromatic heterocycles. The highest BCUT2D eigenvalue weighted by atomic mass is 32.1. The van der Waals surface area contributed by atoms with Crippen LogP contribution >= 0.6 is 19.3 Å². The van der Waals surface area contributed by atoms with E-state index >= 15 is 0 Å². The van der Waals surface area contributed by atoms with Crippen LogP contribution in [0.2, 0.25) is 0 Å². The summed E-state index contributed by atoms with van der Waals surface area (Å²) in [5.41, 5.74) is 2.57. The molecule has 30 heavy (non-hydrogen) atoms. The molecule has 1 heterocycles. The van der Waals surface area contributed by atoms with Crippen LogP contribution in [0.25, 0.3) is 20.9 Å². The third kappa shape index (κ3) is 3.87. The Morgan fingerprint density at radius 3 is 1.40 bits per heavy atom. The average molecular weight is 421 g/mol. The van der Waals surface area contributed by atoms with Crippen molar-refractivity contribution in [3.8, 4) is 20.9 Å². The highest BCUT2D eigenvalue weighted by molar-refractivity contribution is 7.80. The molecule has 0 N–H and O–H groups in total. The molecule has 5 rings (SSSR count). The van der Waals surface area contributed by atoms with E-state index in [1.165, 1.54) is 36.8 Å². The molecule has 0 aliphatic carbocycles. The van der Waals surface area contributed by atoms with Crippen molar-refractivity contribution in [2.45, 2.75) is 0 Å². The monoisotopic (exact) mass is 420 g/mol. The van der Waals surface area contributed by atoms with Crippen LogP contribution in [0.4, 0.5) is 0 Å². The molecule has 5 aromatic rings. The zero-order valence-corrected chi connectivity index (χ0v) is 18.2. The van der Waals surface area contributed by atoms with Crippen LogP contribution < -0.4 is 15.9 Å². The second kappa shape index (κ2) is 8.79. The Hall–Kier alpha value is -2.99. The Labute approximate surface area is 183 Å². The number of hydrogen-bond acceptors (Lipinski definition) is 1. The molecule has 0 aliphatic rings. The minimum atomic E-state index is -0.650. The third-order valence-corrected chi connectivity index (χ3v) is 8.92. The van der Waals surface area contributed by atoms with Crippen molar-refractivity contribution in [1.29, 1.82) is 0 Å². The zero-order chi connectivity index (χ0) is 20.2. The van der Waals surface area contributed by atoms with E-state index in [1.54, 1.807) is 0 Å². The fourth-order valence-corrected chi connectivity index (χ4v) is 7.62. The van der Waals surface area contributed by atoms with Crippen LogP contribution in [0.3, 0.4) is 0 Å². The van der Waals surface area contributed by atoms with Crippen molar-refractivity contribution >= 4 is 35.2 Å². The fraction of sp³-hybridized carbons (Fsp3) is 0. The van der Waals surface area contributed by atoms with Crippen molar-refractivity contribution < 1.29 is 0 Å². The predicted molar refractivity (Wildman–Crippen MR) is 134 cm³/mol. The van der Waals surface area contributed by atoms with Crippen LogP contribution in [-0.2, 0) is 0 Å². The van der Waals surface area contributed by atoms with E-state index in [9.17, 15) is 0 Å². The SMILES string of the molecule is c1ccc(-c2cc(P(c3ccccc3)c3ccccc3)c(-c3ccccc3)s2)cc1. The lowest BCUT2D eigenvalue weighted by Gasteiger charge is -2.19. The molecular formula is C28H21PS. The molecule has 0 saturated heterocycles. The van der Waals surface area contributed by atoms with Gasteiger partial charge in [-0.15, -0.1) is 11.3 Å². The largest absolute Gasteiger partial charge is 0.135 e.